The number of cyclic esters (lactones) is 2. The lowest BCUT2D eigenvalue weighted by Crippen LogP contribution is -2.46. The summed E-state index contributed by atoms with van der Waals surface area (Å²) in [6.07, 6.45) is 3.04. The zero-order valence-electron chi connectivity index (χ0n) is 16.9. The van der Waals surface area contributed by atoms with Crippen molar-refractivity contribution in [1.82, 2.24) is 0 Å². The summed E-state index contributed by atoms with van der Waals surface area (Å²) in [5.74, 6) is -0.745. The smallest absolute Gasteiger partial charge is 0.317 e. The van der Waals surface area contributed by atoms with Gasteiger partial charge in [-0.3, -0.25) is 9.59 Å². The zero-order chi connectivity index (χ0) is 18.9. The number of nitrogens with two attached hydrogens (primary N) is 1. The molecule has 0 aromatic carbocycles. The lowest BCUT2D eigenvalue weighted by Gasteiger charge is -2.40. The molecule has 0 aromatic heterocycles. The molecule has 0 aliphatic carbocycles. The number of ether oxygens (including phenoxy) is 1. The van der Waals surface area contributed by atoms with Crippen LogP contribution in [-0.2, 0) is 14.3 Å². The minimum atomic E-state index is -0.393. The third kappa shape index (κ3) is 5.87. The van der Waals surface area contributed by atoms with E-state index in [0.29, 0.717) is 0 Å². The van der Waals surface area contributed by atoms with Gasteiger partial charge in [0.15, 0.2) is 0 Å². The molecule has 0 spiro atoms. The molecule has 1 saturated heterocycles. The average Bonchev–Trinajstić information content (AvgIpc) is 2.70. The lowest BCUT2D eigenvalue weighted by molar-refractivity contribution is -0.154. The zero-order valence-corrected chi connectivity index (χ0v) is 16.9. The number of carbonyl (C=O) groups is 2. The fourth-order valence-corrected chi connectivity index (χ4v) is 3.46. The second-order valence-corrected chi connectivity index (χ2v) is 10.3. The van der Waals surface area contributed by atoms with Gasteiger partial charge in [0.05, 0.1) is 12.3 Å². The standard InChI is InChI=1S/C20H37NO3/c1-13(20(8,21)10-9-18(2,3)4)11-15(19(5,6)7)14-12-16(22)24-17(14)23/h13-15H,9-12,21H2,1-8H3. The number of hydrogen-bond acceptors (Lipinski definition) is 4. The van der Waals surface area contributed by atoms with Crippen LogP contribution in [0.15, 0.2) is 0 Å². The maximum Gasteiger partial charge on any atom is 0.317 e. The van der Waals surface area contributed by atoms with Crippen molar-refractivity contribution in [3.05, 3.63) is 0 Å². The molecule has 140 valence electrons. The summed E-state index contributed by atoms with van der Waals surface area (Å²) in [6, 6.07) is 0. The van der Waals surface area contributed by atoms with Crippen molar-refractivity contribution in [2.75, 3.05) is 0 Å². The molecular formula is C20H37NO3. The fourth-order valence-electron chi connectivity index (χ4n) is 3.46. The molecule has 2 N–H and O–H groups in total. The van der Waals surface area contributed by atoms with Crippen LogP contribution < -0.4 is 5.73 Å². The minimum Gasteiger partial charge on any atom is -0.393 e. The number of rotatable bonds is 6. The number of esters is 2. The largest absolute Gasteiger partial charge is 0.393 e. The molecule has 4 unspecified atom stereocenters. The van der Waals surface area contributed by atoms with Gasteiger partial charge in [-0.1, -0.05) is 48.5 Å². The summed E-state index contributed by atoms with van der Waals surface area (Å²) in [5, 5.41) is 0. The quantitative estimate of drug-likeness (QED) is 0.578. The molecule has 1 aliphatic heterocycles. The monoisotopic (exact) mass is 339 g/mol. The Morgan fingerprint density at radius 3 is 2.00 bits per heavy atom. The van der Waals surface area contributed by atoms with E-state index in [4.69, 9.17) is 10.5 Å². The van der Waals surface area contributed by atoms with Crippen LogP contribution in [0.2, 0.25) is 0 Å². The maximum atomic E-state index is 12.1. The van der Waals surface area contributed by atoms with Crippen molar-refractivity contribution in [2.45, 2.75) is 86.6 Å². The molecule has 1 rings (SSSR count). The van der Waals surface area contributed by atoms with E-state index in [1.807, 2.05) is 0 Å². The molecule has 0 radical (unpaired) electrons. The molecule has 4 atom stereocenters. The second-order valence-electron chi connectivity index (χ2n) is 10.3. The van der Waals surface area contributed by atoms with Crippen molar-refractivity contribution in [1.29, 1.82) is 0 Å². The van der Waals surface area contributed by atoms with Gasteiger partial charge in [-0.15, -0.1) is 0 Å². The summed E-state index contributed by atoms with van der Waals surface area (Å²) in [6.45, 7) is 17.4. The first-order valence-corrected chi connectivity index (χ1v) is 9.17. The third-order valence-electron chi connectivity index (χ3n) is 5.65. The average molecular weight is 340 g/mol. The van der Waals surface area contributed by atoms with Crippen LogP contribution in [0.5, 0.6) is 0 Å². The van der Waals surface area contributed by atoms with Crippen LogP contribution >= 0.6 is 0 Å². The van der Waals surface area contributed by atoms with Crippen LogP contribution in [0.1, 0.15) is 81.1 Å². The van der Waals surface area contributed by atoms with E-state index in [1.54, 1.807) is 0 Å². The summed E-state index contributed by atoms with van der Waals surface area (Å²) >= 11 is 0. The van der Waals surface area contributed by atoms with Gasteiger partial charge in [-0.25, -0.2) is 0 Å². The summed E-state index contributed by atoms with van der Waals surface area (Å²) in [5.41, 5.74) is 6.52. The van der Waals surface area contributed by atoms with E-state index in [-0.39, 0.29) is 46.5 Å². The van der Waals surface area contributed by atoms with Crippen molar-refractivity contribution >= 4 is 11.9 Å². The predicted octanol–water partition coefficient (Wildman–Crippen LogP) is 4.31. The third-order valence-corrected chi connectivity index (χ3v) is 5.65. The van der Waals surface area contributed by atoms with Crippen molar-refractivity contribution in [3.8, 4) is 0 Å². The van der Waals surface area contributed by atoms with Gasteiger partial charge in [0.1, 0.15) is 0 Å². The van der Waals surface area contributed by atoms with Gasteiger partial charge in [0, 0.05) is 5.54 Å². The fraction of sp³-hybridized carbons (Fsp3) is 0.900. The SMILES string of the molecule is CC(CC(C1CC(=O)OC1=O)C(C)(C)C)C(C)(N)CCC(C)(C)C. The highest BCUT2D eigenvalue weighted by molar-refractivity contribution is 5.94. The highest BCUT2D eigenvalue weighted by Crippen LogP contribution is 2.43. The molecule has 4 heteroatoms. The van der Waals surface area contributed by atoms with E-state index >= 15 is 0 Å². The minimum absolute atomic E-state index is 0.0807. The normalized spacial score (nSPS) is 24.5. The first-order chi connectivity index (χ1) is 10.6. The van der Waals surface area contributed by atoms with Gasteiger partial charge in [0.2, 0.25) is 0 Å². The maximum absolute atomic E-state index is 12.1. The Kier molecular flexibility index (Phi) is 6.30. The van der Waals surface area contributed by atoms with Crippen LogP contribution in [-0.4, -0.2) is 17.5 Å². The lowest BCUT2D eigenvalue weighted by atomic mass is 9.65. The molecule has 1 aliphatic rings. The van der Waals surface area contributed by atoms with Crippen molar-refractivity contribution in [3.63, 3.8) is 0 Å². The number of hydrogen-bond donors (Lipinski definition) is 1. The molecule has 1 heterocycles. The molecular weight excluding hydrogens is 302 g/mol. The van der Waals surface area contributed by atoms with Crippen molar-refractivity contribution in [2.24, 2.45) is 34.3 Å². The number of carbonyl (C=O) groups excluding carboxylic acids is 2. The highest BCUT2D eigenvalue weighted by Gasteiger charge is 2.45. The molecule has 0 aromatic rings. The van der Waals surface area contributed by atoms with Crippen LogP contribution in [0.3, 0.4) is 0 Å². The van der Waals surface area contributed by atoms with E-state index in [9.17, 15) is 9.59 Å². The van der Waals surface area contributed by atoms with E-state index in [1.165, 1.54) is 0 Å². The first kappa shape index (κ1) is 21.1. The first-order valence-electron chi connectivity index (χ1n) is 9.17. The Labute approximate surface area is 147 Å². The van der Waals surface area contributed by atoms with Crippen LogP contribution in [0, 0.1) is 28.6 Å². The summed E-state index contributed by atoms with van der Waals surface area (Å²) in [7, 11) is 0. The topological polar surface area (TPSA) is 69.4 Å². The molecule has 4 nitrogen and oxygen atoms in total. The van der Waals surface area contributed by atoms with Crippen molar-refractivity contribution < 1.29 is 14.3 Å². The Hall–Kier alpha value is -0.900. The Balaban J connectivity index is 2.86. The molecule has 0 amide bonds. The van der Waals surface area contributed by atoms with Gasteiger partial charge in [-0.2, -0.15) is 0 Å². The van der Waals surface area contributed by atoms with E-state index < -0.39 is 5.97 Å². The van der Waals surface area contributed by atoms with Gasteiger partial charge < -0.3 is 10.5 Å². The summed E-state index contributed by atoms with van der Waals surface area (Å²) < 4.78 is 4.80. The van der Waals surface area contributed by atoms with Crippen LogP contribution in [0.25, 0.3) is 0 Å². The Morgan fingerprint density at radius 2 is 1.62 bits per heavy atom. The molecule has 1 fully saturated rings. The Morgan fingerprint density at radius 1 is 1.08 bits per heavy atom. The molecule has 0 bridgehead atoms. The predicted molar refractivity (Wildman–Crippen MR) is 97.2 cm³/mol. The van der Waals surface area contributed by atoms with Crippen LogP contribution in [0.4, 0.5) is 0 Å². The Bertz CT molecular complexity index is 468. The van der Waals surface area contributed by atoms with E-state index in [0.717, 1.165) is 19.3 Å². The highest BCUT2D eigenvalue weighted by atomic mass is 16.6. The van der Waals surface area contributed by atoms with E-state index in [2.05, 4.69) is 55.4 Å². The molecule has 24 heavy (non-hydrogen) atoms. The van der Waals surface area contributed by atoms with Gasteiger partial charge >= 0.3 is 11.9 Å². The summed E-state index contributed by atoms with van der Waals surface area (Å²) in [4.78, 5) is 23.6. The second kappa shape index (κ2) is 7.15. The van der Waals surface area contributed by atoms with Gasteiger partial charge in [0.25, 0.3) is 0 Å². The molecule has 0 saturated carbocycles. The van der Waals surface area contributed by atoms with Gasteiger partial charge in [-0.05, 0) is 48.9 Å².